The van der Waals surface area contributed by atoms with E-state index in [0.29, 0.717) is 0 Å². The third-order valence-corrected chi connectivity index (χ3v) is 3.74. The Labute approximate surface area is 123 Å². The van der Waals surface area contributed by atoms with Crippen LogP contribution >= 0.6 is 23.2 Å². The van der Waals surface area contributed by atoms with Crippen molar-refractivity contribution in [2.45, 2.75) is 24.6 Å². The molecule has 20 heavy (non-hydrogen) atoms. The van der Waals surface area contributed by atoms with Gasteiger partial charge in [-0.25, -0.2) is 0 Å². The van der Waals surface area contributed by atoms with E-state index in [2.05, 4.69) is 10.6 Å². The summed E-state index contributed by atoms with van der Waals surface area (Å²) in [6, 6.07) is 4.64. The summed E-state index contributed by atoms with van der Waals surface area (Å²) in [4.78, 5) is 11.7. The van der Waals surface area contributed by atoms with Gasteiger partial charge in [0, 0.05) is 0 Å². The van der Waals surface area contributed by atoms with Crippen molar-refractivity contribution in [3.8, 4) is 0 Å². The molecule has 0 saturated heterocycles. The van der Waals surface area contributed by atoms with Crippen LogP contribution in [0.15, 0.2) is 18.2 Å². The molecule has 1 aliphatic carbocycles. The first-order valence-electron chi connectivity index (χ1n) is 5.81. The third-order valence-electron chi connectivity index (χ3n) is 3.11. The fourth-order valence-electron chi connectivity index (χ4n) is 1.74. The number of carbonyl (C=O) groups excluding carboxylic acids is 1. The second kappa shape index (κ2) is 5.42. The minimum atomic E-state index is -4.35. The van der Waals surface area contributed by atoms with Gasteiger partial charge in [-0.1, -0.05) is 29.3 Å². The maximum absolute atomic E-state index is 12.7. The Morgan fingerprint density at radius 2 is 1.80 bits per heavy atom. The van der Waals surface area contributed by atoms with E-state index in [4.69, 9.17) is 23.2 Å². The molecule has 1 fully saturated rings. The number of nitrogens with one attached hydrogen (secondary N) is 2. The van der Waals surface area contributed by atoms with Gasteiger partial charge in [-0.05, 0) is 25.0 Å². The van der Waals surface area contributed by atoms with Gasteiger partial charge in [-0.3, -0.25) is 10.1 Å². The van der Waals surface area contributed by atoms with Crippen molar-refractivity contribution in [1.29, 1.82) is 0 Å². The molecule has 1 amide bonds. The number of benzene rings is 1. The molecule has 1 aliphatic rings. The van der Waals surface area contributed by atoms with Crippen molar-refractivity contribution in [3.05, 3.63) is 28.2 Å². The van der Waals surface area contributed by atoms with E-state index in [-0.39, 0.29) is 28.6 Å². The minimum absolute atomic E-state index is 0.0172. The van der Waals surface area contributed by atoms with Crippen molar-refractivity contribution in [2.24, 2.45) is 0 Å². The molecule has 3 nitrogen and oxygen atoms in total. The van der Waals surface area contributed by atoms with Gasteiger partial charge in [0.1, 0.15) is 5.54 Å². The summed E-state index contributed by atoms with van der Waals surface area (Å²) >= 11 is 11.7. The summed E-state index contributed by atoms with van der Waals surface area (Å²) in [5, 5.41) is 5.09. The average molecular weight is 327 g/mol. The maximum Gasteiger partial charge on any atom is 0.406 e. The topological polar surface area (TPSA) is 41.1 Å². The lowest BCUT2D eigenvalue weighted by Crippen LogP contribution is -2.47. The molecule has 0 aromatic heterocycles. The second-order valence-electron chi connectivity index (χ2n) is 4.58. The molecule has 2 N–H and O–H groups in total. The lowest BCUT2D eigenvalue weighted by atomic mass is 10.2. The monoisotopic (exact) mass is 326 g/mol. The van der Waals surface area contributed by atoms with Gasteiger partial charge in [-0.15, -0.1) is 0 Å². The third kappa shape index (κ3) is 3.19. The van der Waals surface area contributed by atoms with Crippen molar-refractivity contribution in [1.82, 2.24) is 5.32 Å². The number of anilines is 1. The molecule has 0 aliphatic heterocycles. The molecule has 2 rings (SSSR count). The highest BCUT2D eigenvalue weighted by Crippen LogP contribution is 2.48. The zero-order chi connectivity index (χ0) is 15.0. The summed E-state index contributed by atoms with van der Waals surface area (Å²) in [5.74, 6) is -0.629. The number of carbonyl (C=O) groups is 1. The molecule has 1 aromatic rings. The molecule has 0 bridgehead atoms. The fraction of sp³-hybridized carbons (Fsp3) is 0.417. The summed E-state index contributed by atoms with van der Waals surface area (Å²) in [6.07, 6.45) is -4.39. The van der Waals surface area contributed by atoms with E-state index in [1.807, 2.05) is 0 Å². The average Bonchev–Trinajstić information content (AvgIpc) is 3.12. The molecule has 0 atom stereocenters. The van der Waals surface area contributed by atoms with Gasteiger partial charge < -0.3 is 5.32 Å². The van der Waals surface area contributed by atoms with Crippen LogP contribution in [0.1, 0.15) is 12.8 Å². The Bertz CT molecular complexity index is 510. The molecule has 0 unspecified atom stereocenters. The van der Waals surface area contributed by atoms with Crippen LogP contribution in [-0.4, -0.2) is 24.2 Å². The number of halogens is 5. The summed E-state index contributed by atoms with van der Waals surface area (Å²) < 4.78 is 38.0. The molecule has 8 heteroatoms. The largest absolute Gasteiger partial charge is 0.406 e. The van der Waals surface area contributed by atoms with Gasteiger partial charge in [0.15, 0.2) is 0 Å². The maximum atomic E-state index is 12.7. The first-order valence-corrected chi connectivity index (χ1v) is 6.56. The van der Waals surface area contributed by atoms with E-state index >= 15 is 0 Å². The van der Waals surface area contributed by atoms with E-state index in [9.17, 15) is 18.0 Å². The summed E-state index contributed by atoms with van der Waals surface area (Å²) in [5.41, 5.74) is -1.73. The highest BCUT2D eigenvalue weighted by molar-refractivity contribution is 6.39. The SMILES string of the molecule is O=C(CNC1(C(F)(F)F)CC1)Nc1c(Cl)cccc1Cl. The van der Waals surface area contributed by atoms with E-state index in [1.165, 1.54) is 12.1 Å². The van der Waals surface area contributed by atoms with E-state index < -0.39 is 24.2 Å². The lowest BCUT2D eigenvalue weighted by molar-refractivity contribution is -0.165. The van der Waals surface area contributed by atoms with E-state index in [0.717, 1.165) is 0 Å². The molecular formula is C12H11Cl2F3N2O. The summed E-state index contributed by atoms with van der Waals surface area (Å²) in [7, 11) is 0. The Morgan fingerprint density at radius 3 is 2.25 bits per heavy atom. The van der Waals surface area contributed by atoms with Crippen LogP contribution < -0.4 is 10.6 Å². The number of amides is 1. The minimum Gasteiger partial charge on any atom is -0.322 e. The van der Waals surface area contributed by atoms with Crippen LogP contribution in [0.4, 0.5) is 18.9 Å². The van der Waals surface area contributed by atoms with Crippen LogP contribution in [0.25, 0.3) is 0 Å². The Balaban J connectivity index is 1.94. The molecule has 110 valence electrons. The predicted octanol–water partition coefficient (Wildman–Crippen LogP) is 3.62. The van der Waals surface area contributed by atoms with Gasteiger partial charge in [0.05, 0.1) is 22.3 Å². The molecule has 1 aromatic carbocycles. The zero-order valence-electron chi connectivity index (χ0n) is 10.2. The number of hydrogen-bond donors (Lipinski definition) is 2. The molecule has 1 saturated carbocycles. The normalized spacial score (nSPS) is 16.9. The molecule has 0 heterocycles. The molecule has 0 spiro atoms. The smallest absolute Gasteiger partial charge is 0.322 e. The van der Waals surface area contributed by atoms with Gasteiger partial charge >= 0.3 is 6.18 Å². The van der Waals surface area contributed by atoms with Crippen molar-refractivity contribution < 1.29 is 18.0 Å². The quantitative estimate of drug-likeness (QED) is 0.887. The van der Waals surface area contributed by atoms with Crippen molar-refractivity contribution >= 4 is 34.8 Å². The second-order valence-corrected chi connectivity index (χ2v) is 5.39. The Kier molecular flexibility index (Phi) is 4.18. The van der Waals surface area contributed by atoms with Crippen molar-refractivity contribution in [2.75, 3.05) is 11.9 Å². The molecule has 0 radical (unpaired) electrons. The number of para-hydroxylation sites is 1. The van der Waals surface area contributed by atoms with Crippen LogP contribution in [0.2, 0.25) is 10.0 Å². The Hall–Kier alpha value is -0.980. The first kappa shape index (κ1) is 15.4. The number of rotatable bonds is 4. The van der Waals surface area contributed by atoms with E-state index in [1.54, 1.807) is 6.07 Å². The number of hydrogen-bond acceptors (Lipinski definition) is 2. The fourth-order valence-corrected chi connectivity index (χ4v) is 2.23. The summed E-state index contributed by atoms with van der Waals surface area (Å²) in [6.45, 7) is -0.457. The molecular weight excluding hydrogens is 316 g/mol. The van der Waals surface area contributed by atoms with Gasteiger partial charge in [0.25, 0.3) is 0 Å². The predicted molar refractivity (Wildman–Crippen MR) is 71.1 cm³/mol. The van der Waals surface area contributed by atoms with Gasteiger partial charge in [0.2, 0.25) is 5.91 Å². The first-order chi connectivity index (χ1) is 9.25. The lowest BCUT2D eigenvalue weighted by Gasteiger charge is -2.20. The highest BCUT2D eigenvalue weighted by atomic mass is 35.5. The van der Waals surface area contributed by atoms with Gasteiger partial charge in [-0.2, -0.15) is 13.2 Å². The van der Waals surface area contributed by atoms with Crippen LogP contribution in [0.5, 0.6) is 0 Å². The van der Waals surface area contributed by atoms with Crippen LogP contribution in [0.3, 0.4) is 0 Å². The number of alkyl halides is 3. The van der Waals surface area contributed by atoms with Crippen molar-refractivity contribution in [3.63, 3.8) is 0 Å². The van der Waals surface area contributed by atoms with Crippen LogP contribution in [0, 0.1) is 0 Å². The zero-order valence-corrected chi connectivity index (χ0v) is 11.7. The standard InChI is InChI=1S/C12H11Cl2F3N2O/c13-7-2-1-3-8(14)10(7)19-9(20)6-18-11(4-5-11)12(15,16)17/h1-3,18H,4-6H2,(H,19,20). The highest BCUT2D eigenvalue weighted by Gasteiger charge is 2.63. The Morgan fingerprint density at radius 1 is 1.25 bits per heavy atom. The van der Waals surface area contributed by atoms with Crippen LogP contribution in [-0.2, 0) is 4.79 Å².